The molecule has 7 nitrogen and oxygen atoms in total. The van der Waals surface area contributed by atoms with Crippen LogP contribution in [0.2, 0.25) is 0 Å². The summed E-state index contributed by atoms with van der Waals surface area (Å²) in [4.78, 5) is 23.2. The molecule has 0 bridgehead atoms. The molecule has 1 amide bonds. The average molecular weight is 507 g/mol. The van der Waals surface area contributed by atoms with Gasteiger partial charge in [0.2, 0.25) is 5.91 Å². The van der Waals surface area contributed by atoms with Crippen LogP contribution in [0.1, 0.15) is 38.5 Å². The Bertz CT molecular complexity index is 497. The van der Waals surface area contributed by atoms with Crippen LogP contribution < -0.4 is 5.32 Å². The molecule has 1 unspecified atom stereocenters. The maximum Gasteiger partial charge on any atom is 0.243 e. The molecule has 1 aliphatic carbocycles. The summed E-state index contributed by atoms with van der Waals surface area (Å²) in [5.41, 5.74) is 0. The maximum absolute atomic E-state index is 12.0. The fourth-order valence-corrected chi connectivity index (χ4v) is 4.28. The van der Waals surface area contributed by atoms with Crippen molar-refractivity contribution in [2.24, 2.45) is 10.9 Å². The van der Waals surface area contributed by atoms with Crippen LogP contribution in [0.3, 0.4) is 0 Å². The number of nitrogens with one attached hydrogen (secondary N) is 1. The van der Waals surface area contributed by atoms with Gasteiger partial charge in [0.15, 0.2) is 5.96 Å². The number of hydrogen-bond donors (Lipinski definition) is 1. The average Bonchev–Trinajstić information content (AvgIpc) is 3.22. The fraction of sp³-hybridized carbons (Fsp3) is 0.900. The number of carbonyl (C=O) groups excluding carboxylic acids is 1. The molecular weight excluding hydrogens is 469 g/mol. The molecule has 1 atom stereocenters. The molecule has 2 saturated heterocycles. The predicted molar refractivity (Wildman–Crippen MR) is 123 cm³/mol. The third-order valence-electron chi connectivity index (χ3n) is 6.14. The van der Waals surface area contributed by atoms with E-state index in [4.69, 9.17) is 4.74 Å². The van der Waals surface area contributed by atoms with Gasteiger partial charge in [-0.05, 0) is 19.3 Å². The molecule has 2 aliphatic heterocycles. The number of rotatable bonds is 5. The van der Waals surface area contributed by atoms with E-state index in [1.807, 2.05) is 0 Å². The quantitative estimate of drug-likeness (QED) is 0.348. The maximum atomic E-state index is 12.0. The zero-order valence-corrected chi connectivity index (χ0v) is 19.9. The first-order valence-electron chi connectivity index (χ1n) is 10.7. The highest BCUT2D eigenvalue weighted by molar-refractivity contribution is 14.0. The number of piperazine rings is 1. The van der Waals surface area contributed by atoms with Crippen LogP contribution in [0.25, 0.3) is 0 Å². The van der Waals surface area contributed by atoms with Gasteiger partial charge in [-0.2, -0.15) is 0 Å². The lowest BCUT2D eigenvalue weighted by atomic mass is 9.94. The van der Waals surface area contributed by atoms with Crippen molar-refractivity contribution >= 4 is 35.8 Å². The standard InChI is InChI=1S/C20H37N5O2.HI/c1-23(2)19(26)15-22-20(21-14-17-8-13-27-16-17)25-11-9-24(10-12-25)18-6-4-3-5-7-18;/h17-18H,3-16H2,1-2H3,(H,21,22);1H. The molecule has 0 aromatic heterocycles. The van der Waals surface area contributed by atoms with Crippen molar-refractivity contribution < 1.29 is 9.53 Å². The van der Waals surface area contributed by atoms with E-state index in [0.717, 1.165) is 64.4 Å². The third-order valence-corrected chi connectivity index (χ3v) is 6.14. The summed E-state index contributed by atoms with van der Waals surface area (Å²) < 4.78 is 5.48. The van der Waals surface area contributed by atoms with Gasteiger partial charge >= 0.3 is 0 Å². The summed E-state index contributed by atoms with van der Waals surface area (Å²) in [5, 5.41) is 3.53. The topological polar surface area (TPSA) is 60.4 Å². The molecule has 1 N–H and O–H groups in total. The molecule has 162 valence electrons. The smallest absolute Gasteiger partial charge is 0.243 e. The van der Waals surface area contributed by atoms with Crippen molar-refractivity contribution in [3.05, 3.63) is 0 Å². The van der Waals surface area contributed by atoms with Crippen molar-refractivity contribution in [2.75, 3.05) is 66.6 Å². The van der Waals surface area contributed by atoms with Crippen molar-refractivity contribution in [3.8, 4) is 0 Å². The van der Waals surface area contributed by atoms with Gasteiger partial charge in [-0.3, -0.25) is 9.69 Å². The number of carbonyl (C=O) groups is 1. The lowest BCUT2D eigenvalue weighted by Crippen LogP contribution is -2.55. The van der Waals surface area contributed by atoms with Crippen LogP contribution in [0.15, 0.2) is 4.99 Å². The van der Waals surface area contributed by atoms with Crippen LogP contribution in [0.4, 0.5) is 0 Å². The van der Waals surface area contributed by atoms with Crippen LogP contribution >= 0.6 is 24.0 Å². The van der Waals surface area contributed by atoms with E-state index in [-0.39, 0.29) is 36.4 Å². The Morgan fingerprint density at radius 1 is 1.11 bits per heavy atom. The van der Waals surface area contributed by atoms with Gasteiger partial charge in [-0.1, -0.05) is 19.3 Å². The van der Waals surface area contributed by atoms with E-state index >= 15 is 0 Å². The summed E-state index contributed by atoms with van der Waals surface area (Å²) in [5.74, 6) is 1.48. The summed E-state index contributed by atoms with van der Waals surface area (Å²) in [6.07, 6.45) is 8.00. The highest BCUT2D eigenvalue weighted by Gasteiger charge is 2.27. The number of amides is 1. The van der Waals surface area contributed by atoms with Crippen molar-refractivity contribution in [1.82, 2.24) is 20.0 Å². The minimum absolute atomic E-state index is 0. The van der Waals surface area contributed by atoms with Gasteiger partial charge in [0.05, 0.1) is 6.61 Å². The Hall–Kier alpha value is -0.610. The molecule has 2 heterocycles. The highest BCUT2D eigenvalue weighted by atomic mass is 127. The molecular formula is C20H38IN5O2. The van der Waals surface area contributed by atoms with Gasteiger partial charge in [0, 0.05) is 65.4 Å². The van der Waals surface area contributed by atoms with E-state index < -0.39 is 0 Å². The molecule has 1 saturated carbocycles. The van der Waals surface area contributed by atoms with E-state index in [2.05, 4.69) is 20.1 Å². The first-order valence-corrected chi connectivity index (χ1v) is 10.7. The first kappa shape index (κ1) is 23.7. The molecule has 3 rings (SSSR count). The van der Waals surface area contributed by atoms with Gasteiger partial charge in [0.25, 0.3) is 0 Å². The summed E-state index contributed by atoms with van der Waals surface area (Å²) in [6.45, 7) is 6.93. The Balaban J connectivity index is 0.00000280. The second-order valence-corrected chi connectivity index (χ2v) is 8.35. The van der Waals surface area contributed by atoms with Gasteiger partial charge in [-0.25, -0.2) is 4.99 Å². The van der Waals surface area contributed by atoms with E-state index in [9.17, 15) is 4.79 Å². The number of hydrogen-bond acceptors (Lipinski definition) is 4. The molecule has 0 spiro atoms. The van der Waals surface area contributed by atoms with Crippen molar-refractivity contribution in [3.63, 3.8) is 0 Å². The van der Waals surface area contributed by atoms with Crippen LogP contribution in [0.5, 0.6) is 0 Å². The molecule has 0 aromatic carbocycles. The Labute approximate surface area is 187 Å². The van der Waals surface area contributed by atoms with Crippen LogP contribution in [0, 0.1) is 5.92 Å². The SMILES string of the molecule is CN(C)C(=O)CN=C(NCC1CCOC1)N1CCN(C2CCCCC2)CC1.I. The highest BCUT2D eigenvalue weighted by Crippen LogP contribution is 2.23. The second-order valence-electron chi connectivity index (χ2n) is 8.35. The largest absolute Gasteiger partial charge is 0.381 e. The summed E-state index contributed by atoms with van der Waals surface area (Å²) in [6, 6.07) is 0.778. The molecule has 0 radical (unpaired) electrons. The Kier molecular flexibility index (Phi) is 10.3. The Morgan fingerprint density at radius 3 is 2.43 bits per heavy atom. The van der Waals surface area contributed by atoms with E-state index in [0.29, 0.717) is 5.92 Å². The second kappa shape index (κ2) is 12.2. The van der Waals surface area contributed by atoms with Crippen molar-refractivity contribution in [1.29, 1.82) is 0 Å². The molecule has 0 aromatic rings. The number of guanidine groups is 1. The lowest BCUT2D eigenvalue weighted by Gasteiger charge is -2.41. The molecule has 3 aliphatic rings. The third kappa shape index (κ3) is 7.02. The summed E-state index contributed by atoms with van der Waals surface area (Å²) in [7, 11) is 3.56. The number of aliphatic imine (C=N–C) groups is 1. The molecule has 28 heavy (non-hydrogen) atoms. The first-order chi connectivity index (χ1) is 13.1. The van der Waals surface area contributed by atoms with Crippen LogP contribution in [-0.2, 0) is 9.53 Å². The van der Waals surface area contributed by atoms with E-state index in [1.54, 1.807) is 19.0 Å². The predicted octanol–water partition coefficient (Wildman–Crippen LogP) is 1.63. The summed E-state index contributed by atoms with van der Waals surface area (Å²) >= 11 is 0. The number of halogens is 1. The zero-order chi connectivity index (χ0) is 19.1. The van der Waals surface area contributed by atoms with Crippen molar-refractivity contribution in [2.45, 2.75) is 44.6 Å². The lowest BCUT2D eigenvalue weighted by molar-refractivity contribution is -0.127. The number of ether oxygens (including phenoxy) is 1. The molecule has 3 fully saturated rings. The van der Waals surface area contributed by atoms with Gasteiger partial charge < -0.3 is 19.9 Å². The van der Waals surface area contributed by atoms with Gasteiger partial charge in [-0.15, -0.1) is 24.0 Å². The minimum Gasteiger partial charge on any atom is -0.381 e. The Morgan fingerprint density at radius 2 is 1.82 bits per heavy atom. The molecule has 8 heteroatoms. The monoisotopic (exact) mass is 507 g/mol. The fourth-order valence-electron chi connectivity index (χ4n) is 4.28. The number of likely N-dealkylation sites (N-methyl/N-ethyl adjacent to an activating group) is 1. The van der Waals surface area contributed by atoms with Gasteiger partial charge in [0.1, 0.15) is 6.54 Å². The zero-order valence-electron chi connectivity index (χ0n) is 17.6. The minimum atomic E-state index is 0. The van der Waals surface area contributed by atoms with Crippen LogP contribution in [-0.4, -0.2) is 99.2 Å². The normalized spacial score (nSPS) is 24.7. The van der Waals surface area contributed by atoms with E-state index in [1.165, 1.54) is 32.1 Å². The number of nitrogens with zero attached hydrogens (tertiary/aromatic N) is 4.